The first-order valence-electron chi connectivity index (χ1n) is 5.74. The highest BCUT2D eigenvalue weighted by Crippen LogP contribution is 2.28. The van der Waals surface area contributed by atoms with Crippen molar-refractivity contribution in [3.63, 3.8) is 0 Å². The fraction of sp³-hybridized carbons (Fsp3) is 0.500. The van der Waals surface area contributed by atoms with Crippen molar-refractivity contribution >= 4 is 23.2 Å². The molecule has 0 bridgehead atoms. The summed E-state index contributed by atoms with van der Waals surface area (Å²) in [6.07, 6.45) is 1.25. The Labute approximate surface area is 109 Å². The maximum atomic E-state index is 12.0. The number of carboxylic acid groups (broad SMARTS) is 1. The first kappa shape index (κ1) is 13.0. The Morgan fingerprint density at radius 3 is 2.50 bits per heavy atom. The van der Waals surface area contributed by atoms with Gasteiger partial charge in [-0.3, -0.25) is 4.79 Å². The first-order chi connectivity index (χ1) is 8.47. The molecule has 6 heteroatoms. The van der Waals surface area contributed by atoms with E-state index in [2.05, 4.69) is 0 Å². The molecular formula is C12H15NO4S. The first-order valence-corrected chi connectivity index (χ1v) is 6.55. The van der Waals surface area contributed by atoms with Crippen LogP contribution >= 0.6 is 11.3 Å². The third-order valence-corrected chi connectivity index (χ3v) is 4.18. The van der Waals surface area contributed by atoms with E-state index in [1.165, 1.54) is 6.07 Å². The van der Waals surface area contributed by atoms with Crippen LogP contribution in [-0.4, -0.2) is 46.7 Å². The lowest BCUT2D eigenvalue weighted by Crippen LogP contribution is -2.39. The number of aliphatic hydroxyl groups excluding tert-OH is 1. The van der Waals surface area contributed by atoms with E-state index in [0.29, 0.717) is 17.3 Å². The third-order valence-electron chi connectivity index (χ3n) is 3.12. The molecule has 1 heterocycles. The lowest BCUT2D eigenvalue weighted by atomic mass is 9.82. The Morgan fingerprint density at radius 2 is 2.00 bits per heavy atom. The number of carboxylic acids is 1. The van der Waals surface area contributed by atoms with Crippen LogP contribution in [-0.2, 0) is 0 Å². The van der Waals surface area contributed by atoms with E-state index in [1.807, 2.05) is 0 Å². The molecule has 5 nitrogen and oxygen atoms in total. The average molecular weight is 269 g/mol. The Morgan fingerprint density at radius 1 is 1.39 bits per heavy atom. The molecule has 98 valence electrons. The van der Waals surface area contributed by atoms with E-state index in [-0.39, 0.29) is 16.9 Å². The number of aromatic carboxylic acids is 1. The molecule has 18 heavy (non-hydrogen) atoms. The minimum Gasteiger partial charge on any atom is -0.477 e. The minimum absolute atomic E-state index is 0.158. The van der Waals surface area contributed by atoms with Gasteiger partial charge in [0.1, 0.15) is 4.88 Å². The van der Waals surface area contributed by atoms with Gasteiger partial charge in [-0.25, -0.2) is 4.79 Å². The van der Waals surface area contributed by atoms with Crippen LogP contribution in [0, 0.1) is 5.92 Å². The number of aliphatic hydroxyl groups is 1. The molecule has 1 aliphatic rings. The van der Waals surface area contributed by atoms with Crippen LogP contribution in [0.2, 0.25) is 0 Å². The fourth-order valence-corrected chi connectivity index (χ4v) is 2.92. The number of rotatable bonds is 4. The SMILES string of the molecule is CN(CC1CC(O)C1)C(=O)c1ccc(C(=O)O)s1. The fourth-order valence-electron chi connectivity index (χ4n) is 2.08. The molecule has 0 spiro atoms. The molecule has 0 aromatic carbocycles. The second-order valence-corrected chi connectivity index (χ2v) is 5.73. The molecule has 1 aromatic heterocycles. The normalized spacial score (nSPS) is 22.3. The Kier molecular flexibility index (Phi) is 3.68. The lowest BCUT2D eigenvalue weighted by Gasteiger charge is -2.34. The van der Waals surface area contributed by atoms with Crippen LogP contribution in [0.1, 0.15) is 32.2 Å². The smallest absolute Gasteiger partial charge is 0.345 e. The highest BCUT2D eigenvalue weighted by molar-refractivity contribution is 7.15. The van der Waals surface area contributed by atoms with Gasteiger partial charge in [-0.05, 0) is 30.9 Å². The molecule has 1 amide bonds. The molecule has 0 radical (unpaired) electrons. The van der Waals surface area contributed by atoms with Crippen molar-refractivity contribution < 1.29 is 19.8 Å². The summed E-state index contributed by atoms with van der Waals surface area (Å²) in [5.41, 5.74) is 0. The van der Waals surface area contributed by atoms with Gasteiger partial charge >= 0.3 is 5.97 Å². The summed E-state index contributed by atoms with van der Waals surface area (Å²) in [5.74, 6) is -0.814. The van der Waals surface area contributed by atoms with Crippen LogP contribution < -0.4 is 0 Å². The zero-order valence-corrected chi connectivity index (χ0v) is 10.8. The van der Waals surface area contributed by atoms with Gasteiger partial charge in [0.15, 0.2) is 0 Å². The van der Waals surface area contributed by atoms with Crippen molar-refractivity contribution in [1.82, 2.24) is 4.90 Å². The predicted octanol–water partition coefficient (Wildman–Crippen LogP) is 1.29. The van der Waals surface area contributed by atoms with Crippen LogP contribution in [0.4, 0.5) is 0 Å². The molecule has 0 saturated heterocycles. The predicted molar refractivity (Wildman–Crippen MR) is 67.0 cm³/mol. The topological polar surface area (TPSA) is 77.8 Å². The van der Waals surface area contributed by atoms with Gasteiger partial charge < -0.3 is 15.1 Å². The van der Waals surface area contributed by atoms with Gasteiger partial charge in [-0.1, -0.05) is 0 Å². The quantitative estimate of drug-likeness (QED) is 0.863. The van der Waals surface area contributed by atoms with E-state index in [4.69, 9.17) is 5.11 Å². The summed E-state index contributed by atoms with van der Waals surface area (Å²) in [6.45, 7) is 0.607. The monoisotopic (exact) mass is 269 g/mol. The van der Waals surface area contributed by atoms with E-state index in [9.17, 15) is 14.7 Å². The largest absolute Gasteiger partial charge is 0.477 e. The molecule has 0 aliphatic heterocycles. The van der Waals surface area contributed by atoms with Crippen molar-refractivity contribution in [1.29, 1.82) is 0 Å². The van der Waals surface area contributed by atoms with E-state index >= 15 is 0 Å². The molecular weight excluding hydrogens is 254 g/mol. The summed E-state index contributed by atoms with van der Waals surface area (Å²) in [6, 6.07) is 2.99. The van der Waals surface area contributed by atoms with Crippen LogP contribution in [0.15, 0.2) is 12.1 Å². The second kappa shape index (κ2) is 5.07. The van der Waals surface area contributed by atoms with Crippen molar-refractivity contribution in [2.75, 3.05) is 13.6 Å². The maximum Gasteiger partial charge on any atom is 0.345 e. The van der Waals surface area contributed by atoms with Crippen molar-refractivity contribution in [2.24, 2.45) is 5.92 Å². The Hall–Kier alpha value is -1.40. The Balaban J connectivity index is 1.94. The number of hydrogen-bond donors (Lipinski definition) is 2. The summed E-state index contributed by atoms with van der Waals surface area (Å²) in [5, 5.41) is 18.0. The number of hydrogen-bond acceptors (Lipinski definition) is 4. The molecule has 0 unspecified atom stereocenters. The summed E-state index contributed by atoms with van der Waals surface area (Å²) in [4.78, 5) is 25.0. The Bertz CT molecular complexity index is 464. The van der Waals surface area contributed by atoms with Crippen LogP contribution in [0.3, 0.4) is 0 Å². The van der Waals surface area contributed by atoms with Gasteiger partial charge in [0.25, 0.3) is 5.91 Å². The van der Waals surface area contributed by atoms with Crippen molar-refractivity contribution in [2.45, 2.75) is 18.9 Å². The highest BCUT2D eigenvalue weighted by Gasteiger charge is 2.29. The standard InChI is InChI=1S/C12H15NO4S/c1-13(6-7-4-8(14)5-7)11(15)9-2-3-10(18-9)12(16)17/h2-3,7-8,14H,4-6H2,1H3,(H,16,17). The summed E-state index contributed by atoms with van der Waals surface area (Å²) < 4.78 is 0. The highest BCUT2D eigenvalue weighted by atomic mass is 32.1. The van der Waals surface area contributed by atoms with E-state index in [1.54, 1.807) is 18.0 Å². The number of amides is 1. The van der Waals surface area contributed by atoms with Gasteiger partial charge in [0, 0.05) is 13.6 Å². The zero-order chi connectivity index (χ0) is 13.3. The third kappa shape index (κ3) is 2.70. The maximum absolute atomic E-state index is 12.0. The molecule has 2 N–H and O–H groups in total. The summed E-state index contributed by atoms with van der Waals surface area (Å²) >= 11 is 0.991. The molecule has 0 atom stereocenters. The second-order valence-electron chi connectivity index (χ2n) is 4.65. The van der Waals surface area contributed by atoms with Crippen molar-refractivity contribution in [3.8, 4) is 0 Å². The van der Waals surface area contributed by atoms with E-state index < -0.39 is 5.97 Å². The van der Waals surface area contributed by atoms with Gasteiger partial charge in [0.05, 0.1) is 11.0 Å². The van der Waals surface area contributed by atoms with Gasteiger partial charge in [-0.2, -0.15) is 0 Å². The molecule has 2 rings (SSSR count). The molecule has 1 aromatic rings. The van der Waals surface area contributed by atoms with E-state index in [0.717, 1.165) is 24.2 Å². The number of thiophene rings is 1. The van der Waals surface area contributed by atoms with Crippen LogP contribution in [0.5, 0.6) is 0 Å². The average Bonchev–Trinajstić information content (AvgIpc) is 2.75. The van der Waals surface area contributed by atoms with Crippen molar-refractivity contribution in [3.05, 3.63) is 21.9 Å². The number of nitrogens with zero attached hydrogens (tertiary/aromatic N) is 1. The molecule has 1 fully saturated rings. The zero-order valence-electron chi connectivity index (χ0n) is 10.00. The number of carbonyl (C=O) groups excluding carboxylic acids is 1. The van der Waals surface area contributed by atoms with Gasteiger partial charge in [0.2, 0.25) is 0 Å². The molecule has 1 saturated carbocycles. The minimum atomic E-state index is -1.01. The number of carbonyl (C=O) groups is 2. The molecule has 1 aliphatic carbocycles. The lowest BCUT2D eigenvalue weighted by molar-refractivity contribution is 0.0266. The van der Waals surface area contributed by atoms with Crippen LogP contribution in [0.25, 0.3) is 0 Å². The summed E-state index contributed by atoms with van der Waals surface area (Å²) in [7, 11) is 1.70. The van der Waals surface area contributed by atoms with Gasteiger partial charge in [-0.15, -0.1) is 11.3 Å².